The second-order valence-electron chi connectivity index (χ2n) is 5.22. The van der Waals surface area contributed by atoms with Gasteiger partial charge in [0.15, 0.2) is 0 Å². The van der Waals surface area contributed by atoms with Crippen molar-refractivity contribution in [3.8, 4) is 0 Å². The lowest BCUT2D eigenvalue weighted by atomic mass is 10.2. The molecule has 6 heteroatoms. The number of nitrogens with two attached hydrogens (primary N) is 1. The summed E-state index contributed by atoms with van der Waals surface area (Å²) >= 11 is 1.39. The number of amides is 1. The molecule has 0 saturated carbocycles. The van der Waals surface area contributed by atoms with Crippen LogP contribution in [0.1, 0.15) is 26.7 Å². The average molecular weight is 305 g/mol. The molecule has 2 N–H and O–H groups in total. The van der Waals surface area contributed by atoms with Gasteiger partial charge in [-0.15, -0.1) is 11.3 Å². The number of carbonyl (C=O) groups excluding carboxylic acids is 1. The summed E-state index contributed by atoms with van der Waals surface area (Å²) in [5.41, 5.74) is 6.80. The number of nitrogens with zero attached hydrogens (tertiary/aromatic N) is 2. The maximum absolute atomic E-state index is 12.9. The van der Waals surface area contributed by atoms with Gasteiger partial charge in [-0.2, -0.15) is 0 Å². The summed E-state index contributed by atoms with van der Waals surface area (Å²) in [5.74, 6) is -0.245. The van der Waals surface area contributed by atoms with Crippen molar-refractivity contribution < 1.29 is 9.18 Å². The molecule has 4 nitrogen and oxygen atoms in total. The minimum atomic E-state index is -0.251. The number of hydrogen-bond acceptors (Lipinski definition) is 4. The highest BCUT2D eigenvalue weighted by atomic mass is 32.1. The maximum atomic E-state index is 12.9. The molecule has 0 unspecified atom stereocenters. The van der Waals surface area contributed by atoms with E-state index in [-0.39, 0.29) is 17.8 Å². The van der Waals surface area contributed by atoms with Crippen molar-refractivity contribution in [2.24, 2.45) is 5.73 Å². The Kier molecular flexibility index (Phi) is 3.98. The summed E-state index contributed by atoms with van der Waals surface area (Å²) in [6.07, 6.45) is 3.08. The third kappa shape index (κ3) is 3.28. The van der Waals surface area contributed by atoms with Crippen LogP contribution in [0.4, 0.5) is 4.39 Å². The fourth-order valence-corrected chi connectivity index (χ4v) is 3.32. The van der Waals surface area contributed by atoms with Gasteiger partial charge in [-0.25, -0.2) is 9.37 Å². The maximum Gasteiger partial charge on any atom is 0.265 e. The highest BCUT2D eigenvalue weighted by molar-refractivity contribution is 7.13. The Balaban J connectivity index is 1.68. The minimum absolute atomic E-state index is 0.00538. The average Bonchev–Trinajstić information content (AvgIpc) is 3.10. The summed E-state index contributed by atoms with van der Waals surface area (Å²) in [6.45, 7) is 1.33. The van der Waals surface area contributed by atoms with E-state index >= 15 is 0 Å². The molecular weight excluding hydrogens is 289 g/mol. The van der Waals surface area contributed by atoms with Crippen molar-refractivity contribution in [1.29, 1.82) is 0 Å². The molecule has 3 rings (SSSR count). The Labute approximate surface area is 126 Å². The number of hydrogen-bond donors (Lipinski definition) is 1. The number of likely N-dealkylation sites (tertiary alicyclic amines) is 1. The number of aromatic nitrogens is 1. The lowest BCUT2D eigenvalue weighted by Crippen LogP contribution is -2.31. The van der Waals surface area contributed by atoms with E-state index in [1.54, 1.807) is 23.2 Å². The van der Waals surface area contributed by atoms with Crippen LogP contribution < -0.4 is 5.73 Å². The SMILES string of the molecule is N[C@@H]1CCN(C(=O)c2cnc(Cc3ccc(F)cc3)s2)C1. The highest BCUT2D eigenvalue weighted by Crippen LogP contribution is 2.20. The molecule has 1 saturated heterocycles. The van der Waals surface area contributed by atoms with E-state index in [0.717, 1.165) is 17.0 Å². The number of halogens is 1. The largest absolute Gasteiger partial charge is 0.336 e. The topological polar surface area (TPSA) is 59.2 Å². The van der Waals surface area contributed by atoms with Crippen LogP contribution in [0.3, 0.4) is 0 Å². The minimum Gasteiger partial charge on any atom is -0.336 e. The molecule has 2 aromatic rings. The van der Waals surface area contributed by atoms with E-state index in [2.05, 4.69) is 4.98 Å². The first-order valence-corrected chi connectivity index (χ1v) is 7.67. The van der Waals surface area contributed by atoms with Crippen molar-refractivity contribution in [2.45, 2.75) is 18.9 Å². The van der Waals surface area contributed by atoms with E-state index in [9.17, 15) is 9.18 Å². The summed E-state index contributed by atoms with van der Waals surface area (Å²) in [6, 6.07) is 6.41. The van der Waals surface area contributed by atoms with Gasteiger partial charge in [0.2, 0.25) is 0 Å². The summed E-state index contributed by atoms with van der Waals surface area (Å²) < 4.78 is 12.9. The van der Waals surface area contributed by atoms with Crippen molar-refractivity contribution in [1.82, 2.24) is 9.88 Å². The Morgan fingerprint density at radius 2 is 2.19 bits per heavy atom. The lowest BCUT2D eigenvalue weighted by molar-refractivity contribution is 0.0795. The fourth-order valence-electron chi connectivity index (χ4n) is 2.40. The van der Waals surface area contributed by atoms with E-state index in [1.165, 1.54) is 23.5 Å². The summed E-state index contributed by atoms with van der Waals surface area (Å²) in [5, 5.41) is 0.855. The van der Waals surface area contributed by atoms with Crippen molar-refractivity contribution >= 4 is 17.2 Å². The summed E-state index contributed by atoms with van der Waals surface area (Å²) in [7, 11) is 0. The van der Waals surface area contributed by atoms with Gasteiger partial charge in [-0.1, -0.05) is 12.1 Å². The molecule has 1 aliphatic heterocycles. The van der Waals surface area contributed by atoms with E-state index in [0.29, 0.717) is 24.4 Å². The van der Waals surface area contributed by atoms with Crippen LogP contribution in [-0.2, 0) is 6.42 Å². The van der Waals surface area contributed by atoms with E-state index in [1.807, 2.05) is 0 Å². The van der Waals surface area contributed by atoms with Crippen LogP contribution in [0.15, 0.2) is 30.5 Å². The number of benzene rings is 1. The predicted molar refractivity (Wildman–Crippen MR) is 79.8 cm³/mol. The standard InChI is InChI=1S/C15H16FN3OS/c16-11-3-1-10(2-4-11)7-14-18-8-13(21-14)15(20)19-6-5-12(17)9-19/h1-4,8,12H,5-7,9,17H2/t12-/m1/s1. The zero-order valence-corrected chi connectivity index (χ0v) is 12.3. The molecule has 0 bridgehead atoms. The first-order chi connectivity index (χ1) is 10.1. The third-order valence-electron chi connectivity index (χ3n) is 3.54. The van der Waals surface area contributed by atoms with Gasteiger partial charge < -0.3 is 10.6 Å². The molecular formula is C15H16FN3OS. The van der Waals surface area contributed by atoms with Gasteiger partial charge in [0, 0.05) is 25.6 Å². The zero-order chi connectivity index (χ0) is 14.8. The van der Waals surface area contributed by atoms with Gasteiger partial charge in [0.25, 0.3) is 5.91 Å². The van der Waals surface area contributed by atoms with E-state index in [4.69, 9.17) is 5.73 Å². The van der Waals surface area contributed by atoms with Gasteiger partial charge in [0.05, 0.1) is 11.2 Å². The molecule has 0 aliphatic carbocycles. The van der Waals surface area contributed by atoms with Crippen molar-refractivity contribution in [3.05, 3.63) is 51.7 Å². The van der Waals surface area contributed by atoms with Crippen LogP contribution >= 0.6 is 11.3 Å². The number of rotatable bonds is 3. The Morgan fingerprint density at radius 1 is 1.43 bits per heavy atom. The number of carbonyl (C=O) groups is 1. The molecule has 110 valence electrons. The highest BCUT2D eigenvalue weighted by Gasteiger charge is 2.25. The van der Waals surface area contributed by atoms with Crippen LogP contribution in [0.2, 0.25) is 0 Å². The first kappa shape index (κ1) is 14.2. The molecule has 1 atom stereocenters. The van der Waals surface area contributed by atoms with Crippen molar-refractivity contribution in [2.75, 3.05) is 13.1 Å². The van der Waals surface area contributed by atoms with Crippen LogP contribution in [0, 0.1) is 5.82 Å². The number of thiazole rings is 1. The van der Waals surface area contributed by atoms with Gasteiger partial charge in [0.1, 0.15) is 10.7 Å². The molecule has 21 heavy (non-hydrogen) atoms. The molecule has 1 fully saturated rings. The second-order valence-corrected chi connectivity index (χ2v) is 6.34. The van der Waals surface area contributed by atoms with Crippen molar-refractivity contribution in [3.63, 3.8) is 0 Å². The molecule has 1 aliphatic rings. The summed E-state index contributed by atoms with van der Waals surface area (Å²) in [4.78, 5) is 19.0. The molecule has 1 aromatic heterocycles. The molecule has 1 aromatic carbocycles. The fraction of sp³-hybridized carbons (Fsp3) is 0.333. The van der Waals surface area contributed by atoms with Gasteiger partial charge in [-0.3, -0.25) is 4.79 Å². The molecule has 2 heterocycles. The smallest absolute Gasteiger partial charge is 0.265 e. The predicted octanol–water partition coefficient (Wildman–Crippen LogP) is 2.05. The zero-order valence-electron chi connectivity index (χ0n) is 11.5. The van der Waals surface area contributed by atoms with Crippen LogP contribution in [-0.4, -0.2) is 34.9 Å². The Morgan fingerprint density at radius 3 is 2.86 bits per heavy atom. The van der Waals surface area contributed by atoms with Crippen LogP contribution in [0.5, 0.6) is 0 Å². The first-order valence-electron chi connectivity index (χ1n) is 6.86. The van der Waals surface area contributed by atoms with E-state index < -0.39 is 0 Å². The molecule has 0 radical (unpaired) electrons. The molecule has 1 amide bonds. The van der Waals surface area contributed by atoms with Crippen LogP contribution in [0.25, 0.3) is 0 Å². The third-order valence-corrected chi connectivity index (χ3v) is 4.53. The second kappa shape index (κ2) is 5.91. The monoisotopic (exact) mass is 305 g/mol. The lowest BCUT2D eigenvalue weighted by Gasteiger charge is -2.13. The van der Waals surface area contributed by atoms with Gasteiger partial charge in [-0.05, 0) is 24.1 Å². The Hall–Kier alpha value is -1.79. The molecule has 0 spiro atoms. The normalized spacial score (nSPS) is 18.2. The quantitative estimate of drug-likeness (QED) is 0.944. The van der Waals surface area contributed by atoms with Gasteiger partial charge >= 0.3 is 0 Å². The Bertz CT molecular complexity index is 641.